The SMILES string of the molecule is CC[C@@H]1[C@H](O)[C@H]2[C@@H](CC[C@@]3(C)[C@H](CCCC(=O)NC)CC[C@H]23)[C@]2(C)CC[C@H](O)C[C@H]12. The van der Waals surface area contributed by atoms with Gasteiger partial charge in [0, 0.05) is 13.5 Å². The number of nitrogens with one attached hydrogen (secondary N) is 1. The fourth-order valence-corrected chi connectivity index (χ4v) is 9.17. The zero-order valence-electron chi connectivity index (χ0n) is 19.7. The monoisotopic (exact) mass is 419 g/mol. The van der Waals surface area contributed by atoms with Crippen LogP contribution in [0.5, 0.6) is 0 Å². The predicted octanol–water partition coefficient (Wildman–Crippen LogP) is 4.53. The molecule has 3 N–H and O–H groups in total. The van der Waals surface area contributed by atoms with Crippen LogP contribution in [-0.4, -0.2) is 35.4 Å². The van der Waals surface area contributed by atoms with Gasteiger partial charge in [-0.3, -0.25) is 4.79 Å². The van der Waals surface area contributed by atoms with E-state index in [0.717, 1.165) is 38.5 Å². The molecule has 0 aromatic rings. The highest BCUT2D eigenvalue weighted by molar-refractivity contribution is 5.75. The normalized spacial score (nSPS) is 50.3. The Balaban J connectivity index is 1.55. The van der Waals surface area contributed by atoms with Crippen LogP contribution in [0.1, 0.15) is 91.4 Å². The molecule has 4 nitrogen and oxygen atoms in total. The molecule has 4 saturated carbocycles. The van der Waals surface area contributed by atoms with Gasteiger partial charge in [0.15, 0.2) is 0 Å². The van der Waals surface area contributed by atoms with Crippen LogP contribution in [0.3, 0.4) is 0 Å². The second-order valence-electron chi connectivity index (χ2n) is 11.8. The number of hydrogen-bond donors (Lipinski definition) is 3. The molecule has 0 radical (unpaired) electrons. The Kier molecular flexibility index (Phi) is 6.31. The van der Waals surface area contributed by atoms with E-state index in [0.29, 0.717) is 47.3 Å². The van der Waals surface area contributed by atoms with Gasteiger partial charge in [0.05, 0.1) is 12.2 Å². The fourth-order valence-electron chi connectivity index (χ4n) is 9.17. The maximum atomic E-state index is 11.7. The number of fused-ring (bicyclic) bond motifs is 5. The smallest absolute Gasteiger partial charge is 0.219 e. The highest BCUT2D eigenvalue weighted by Gasteiger charge is 2.64. The van der Waals surface area contributed by atoms with Gasteiger partial charge < -0.3 is 15.5 Å². The summed E-state index contributed by atoms with van der Waals surface area (Å²) in [7, 11) is 1.73. The first-order valence-corrected chi connectivity index (χ1v) is 12.8. The molecule has 0 spiro atoms. The van der Waals surface area contributed by atoms with E-state index in [1.807, 2.05) is 0 Å². The Hall–Kier alpha value is -0.610. The van der Waals surface area contributed by atoms with Crippen molar-refractivity contribution in [3.8, 4) is 0 Å². The molecule has 0 aromatic carbocycles. The molecule has 0 aromatic heterocycles. The summed E-state index contributed by atoms with van der Waals surface area (Å²) < 4.78 is 0. The molecule has 172 valence electrons. The van der Waals surface area contributed by atoms with E-state index in [4.69, 9.17) is 0 Å². The Bertz CT molecular complexity index is 638. The lowest BCUT2D eigenvalue weighted by Crippen LogP contribution is -2.62. The van der Waals surface area contributed by atoms with E-state index in [2.05, 4.69) is 26.1 Å². The molecular formula is C26H45NO3. The summed E-state index contributed by atoms with van der Waals surface area (Å²) in [5.74, 6) is 3.31. The summed E-state index contributed by atoms with van der Waals surface area (Å²) in [5, 5.41) is 24.9. The summed E-state index contributed by atoms with van der Waals surface area (Å²) in [6, 6.07) is 0. The summed E-state index contributed by atoms with van der Waals surface area (Å²) in [6.45, 7) is 7.26. The van der Waals surface area contributed by atoms with Crippen LogP contribution in [-0.2, 0) is 4.79 Å². The van der Waals surface area contributed by atoms with Gasteiger partial charge in [-0.05, 0) is 104 Å². The van der Waals surface area contributed by atoms with Crippen LogP contribution in [0.25, 0.3) is 0 Å². The average molecular weight is 420 g/mol. The summed E-state index contributed by atoms with van der Waals surface area (Å²) in [5.41, 5.74) is 0.600. The maximum absolute atomic E-state index is 11.7. The van der Waals surface area contributed by atoms with E-state index in [1.54, 1.807) is 7.05 Å². The van der Waals surface area contributed by atoms with Crippen molar-refractivity contribution in [1.82, 2.24) is 5.32 Å². The van der Waals surface area contributed by atoms with Gasteiger partial charge in [-0.15, -0.1) is 0 Å². The Labute approximate surface area is 183 Å². The van der Waals surface area contributed by atoms with Gasteiger partial charge in [-0.2, -0.15) is 0 Å². The standard InChI is InChI=1S/C26H45NO3/c1-5-18-21-15-17(28)11-13-26(21,3)20-12-14-25(2)16(7-6-8-22(29)27-4)9-10-19(25)23(20)24(18)30/h16-21,23-24,28,30H,5-15H2,1-4H3,(H,27,29)/t16-,17+,18+,19-,20-,21-,23-,24+,25+,26+/m1/s1. The molecule has 0 heterocycles. The molecule has 4 aliphatic rings. The topological polar surface area (TPSA) is 69.6 Å². The first-order valence-electron chi connectivity index (χ1n) is 12.8. The van der Waals surface area contributed by atoms with Gasteiger partial charge in [0.2, 0.25) is 5.91 Å². The number of carbonyl (C=O) groups is 1. The third-order valence-corrected chi connectivity index (χ3v) is 10.8. The van der Waals surface area contributed by atoms with Crippen molar-refractivity contribution >= 4 is 5.91 Å². The molecule has 0 unspecified atom stereocenters. The highest BCUT2D eigenvalue weighted by Crippen LogP contribution is 2.69. The van der Waals surface area contributed by atoms with E-state index >= 15 is 0 Å². The number of amides is 1. The quantitative estimate of drug-likeness (QED) is 0.613. The van der Waals surface area contributed by atoms with Gasteiger partial charge in [-0.1, -0.05) is 27.2 Å². The minimum absolute atomic E-state index is 0.158. The van der Waals surface area contributed by atoms with Crippen molar-refractivity contribution in [3.05, 3.63) is 0 Å². The summed E-state index contributed by atoms with van der Waals surface area (Å²) in [4.78, 5) is 11.7. The minimum Gasteiger partial charge on any atom is -0.393 e. The lowest BCUT2D eigenvalue weighted by Gasteiger charge is -2.64. The highest BCUT2D eigenvalue weighted by atomic mass is 16.3. The molecule has 4 heteroatoms. The average Bonchev–Trinajstić information content (AvgIpc) is 3.06. The lowest BCUT2D eigenvalue weighted by atomic mass is 9.41. The van der Waals surface area contributed by atoms with Gasteiger partial charge in [0.1, 0.15) is 0 Å². The van der Waals surface area contributed by atoms with Crippen LogP contribution in [0, 0.1) is 46.3 Å². The fraction of sp³-hybridized carbons (Fsp3) is 0.962. The zero-order valence-corrected chi connectivity index (χ0v) is 19.7. The third kappa shape index (κ3) is 3.45. The molecule has 4 fully saturated rings. The molecule has 0 bridgehead atoms. The minimum atomic E-state index is -0.211. The predicted molar refractivity (Wildman–Crippen MR) is 120 cm³/mol. The summed E-state index contributed by atoms with van der Waals surface area (Å²) >= 11 is 0. The van der Waals surface area contributed by atoms with Crippen molar-refractivity contribution in [2.24, 2.45) is 46.3 Å². The zero-order chi connectivity index (χ0) is 21.7. The van der Waals surface area contributed by atoms with Crippen LogP contribution >= 0.6 is 0 Å². The Morgan fingerprint density at radius 3 is 2.40 bits per heavy atom. The molecule has 4 aliphatic carbocycles. The van der Waals surface area contributed by atoms with Crippen LogP contribution < -0.4 is 5.32 Å². The van der Waals surface area contributed by atoms with E-state index < -0.39 is 0 Å². The first-order chi connectivity index (χ1) is 14.3. The van der Waals surface area contributed by atoms with Crippen molar-refractivity contribution in [2.75, 3.05) is 7.05 Å². The molecular weight excluding hydrogens is 374 g/mol. The van der Waals surface area contributed by atoms with Gasteiger partial charge in [0.25, 0.3) is 0 Å². The molecule has 10 atom stereocenters. The van der Waals surface area contributed by atoms with Crippen molar-refractivity contribution in [1.29, 1.82) is 0 Å². The molecule has 30 heavy (non-hydrogen) atoms. The Morgan fingerprint density at radius 1 is 1.00 bits per heavy atom. The number of carbonyl (C=O) groups excluding carboxylic acids is 1. The van der Waals surface area contributed by atoms with Crippen LogP contribution in [0.15, 0.2) is 0 Å². The van der Waals surface area contributed by atoms with E-state index in [9.17, 15) is 15.0 Å². The van der Waals surface area contributed by atoms with Crippen LogP contribution in [0.4, 0.5) is 0 Å². The van der Waals surface area contributed by atoms with Crippen molar-refractivity contribution in [3.63, 3.8) is 0 Å². The number of aliphatic hydroxyl groups excluding tert-OH is 2. The lowest BCUT2D eigenvalue weighted by molar-refractivity contribution is -0.202. The number of aliphatic hydroxyl groups is 2. The number of hydrogen-bond acceptors (Lipinski definition) is 3. The van der Waals surface area contributed by atoms with Crippen LogP contribution in [0.2, 0.25) is 0 Å². The largest absolute Gasteiger partial charge is 0.393 e. The van der Waals surface area contributed by atoms with E-state index in [1.165, 1.54) is 25.7 Å². The second kappa shape index (κ2) is 8.39. The van der Waals surface area contributed by atoms with Gasteiger partial charge >= 0.3 is 0 Å². The molecule has 0 saturated heterocycles. The molecule has 1 amide bonds. The number of rotatable bonds is 5. The van der Waals surface area contributed by atoms with Crippen molar-refractivity contribution in [2.45, 2.75) is 104 Å². The van der Waals surface area contributed by atoms with Crippen molar-refractivity contribution < 1.29 is 15.0 Å². The van der Waals surface area contributed by atoms with E-state index in [-0.39, 0.29) is 23.5 Å². The molecule has 4 rings (SSSR count). The summed E-state index contributed by atoms with van der Waals surface area (Å²) in [6.07, 6.45) is 11.4. The third-order valence-electron chi connectivity index (χ3n) is 10.8. The second-order valence-corrected chi connectivity index (χ2v) is 11.8. The molecule has 0 aliphatic heterocycles. The maximum Gasteiger partial charge on any atom is 0.219 e. The Morgan fingerprint density at radius 2 is 1.70 bits per heavy atom. The van der Waals surface area contributed by atoms with Gasteiger partial charge in [-0.25, -0.2) is 0 Å². The first kappa shape index (κ1) is 22.6.